The predicted molar refractivity (Wildman–Crippen MR) is 73.7 cm³/mol. The second kappa shape index (κ2) is 6.20. The lowest BCUT2D eigenvalue weighted by molar-refractivity contribution is 0.288. The van der Waals surface area contributed by atoms with Gasteiger partial charge in [-0.3, -0.25) is 0 Å². The van der Waals surface area contributed by atoms with Crippen molar-refractivity contribution in [1.82, 2.24) is 0 Å². The number of hydrogen-bond donors (Lipinski definition) is 1. The van der Waals surface area contributed by atoms with Gasteiger partial charge in [-0.05, 0) is 32.4 Å². The molecule has 0 amide bonds. The Balaban J connectivity index is 3.20. The zero-order valence-electron chi connectivity index (χ0n) is 11.1. The monoisotopic (exact) mass is 271 g/mol. The van der Waals surface area contributed by atoms with E-state index >= 15 is 0 Å². The Morgan fingerprint density at radius 1 is 1.28 bits per heavy atom. The summed E-state index contributed by atoms with van der Waals surface area (Å²) in [5.41, 5.74) is 0.712. The van der Waals surface area contributed by atoms with Crippen molar-refractivity contribution in [3.63, 3.8) is 0 Å². The highest BCUT2D eigenvalue weighted by atomic mass is 32.2. The number of nitrogens with zero attached hydrogens (tertiary/aromatic N) is 1. The minimum absolute atomic E-state index is 0.101. The zero-order valence-corrected chi connectivity index (χ0v) is 11.9. The van der Waals surface area contributed by atoms with Crippen LogP contribution < -0.4 is 4.90 Å². The number of anilines is 1. The van der Waals surface area contributed by atoms with Crippen LogP contribution in [0, 0.1) is 0 Å². The third kappa shape index (κ3) is 3.71. The molecule has 0 aliphatic heterocycles. The lowest BCUT2D eigenvalue weighted by Gasteiger charge is -2.30. The fourth-order valence-electron chi connectivity index (χ4n) is 1.91. The van der Waals surface area contributed by atoms with Crippen molar-refractivity contribution in [2.45, 2.75) is 31.2 Å². The smallest absolute Gasteiger partial charge is 0.177 e. The normalized spacial score (nSPS) is 11.8. The first-order valence-corrected chi connectivity index (χ1v) is 7.93. The Morgan fingerprint density at radius 2 is 1.89 bits per heavy atom. The average molecular weight is 271 g/mol. The maximum atomic E-state index is 11.8. The van der Waals surface area contributed by atoms with Gasteiger partial charge in [-0.1, -0.05) is 12.1 Å². The van der Waals surface area contributed by atoms with Gasteiger partial charge in [0, 0.05) is 25.4 Å². The molecule has 0 aliphatic rings. The van der Waals surface area contributed by atoms with Gasteiger partial charge in [-0.25, -0.2) is 8.42 Å². The second-order valence-corrected chi connectivity index (χ2v) is 6.59. The van der Waals surface area contributed by atoms with Crippen LogP contribution in [-0.2, 0) is 9.84 Å². The van der Waals surface area contributed by atoms with E-state index in [0.29, 0.717) is 23.5 Å². The number of sulfone groups is 1. The largest absolute Gasteiger partial charge is 0.396 e. The summed E-state index contributed by atoms with van der Waals surface area (Å²) in [6.07, 6.45) is 1.84. The molecule has 0 aromatic heterocycles. The molecule has 0 bridgehead atoms. The maximum Gasteiger partial charge on any atom is 0.177 e. The van der Waals surface area contributed by atoms with Crippen molar-refractivity contribution >= 4 is 15.5 Å². The third-order valence-electron chi connectivity index (χ3n) is 2.75. The average Bonchev–Trinajstić information content (AvgIpc) is 2.28. The number of aliphatic hydroxyl groups is 1. The number of para-hydroxylation sites is 1. The molecule has 0 radical (unpaired) electrons. The topological polar surface area (TPSA) is 57.6 Å². The fraction of sp³-hybridized carbons (Fsp3) is 0.538. The van der Waals surface area contributed by atoms with Gasteiger partial charge >= 0.3 is 0 Å². The van der Waals surface area contributed by atoms with E-state index in [1.165, 1.54) is 6.26 Å². The summed E-state index contributed by atoms with van der Waals surface area (Å²) < 4.78 is 23.6. The van der Waals surface area contributed by atoms with Crippen molar-refractivity contribution in [2.24, 2.45) is 0 Å². The van der Waals surface area contributed by atoms with E-state index in [1.54, 1.807) is 12.1 Å². The quantitative estimate of drug-likeness (QED) is 0.855. The van der Waals surface area contributed by atoms with Crippen LogP contribution in [0.5, 0.6) is 0 Å². The standard InChI is InChI=1S/C13H21NO3S/c1-11(2)14(9-6-10-15)12-7-4-5-8-13(12)18(3,16)17/h4-5,7-8,11,15H,6,9-10H2,1-3H3. The third-order valence-corrected chi connectivity index (χ3v) is 3.90. The summed E-state index contributed by atoms with van der Waals surface area (Å²) in [6, 6.07) is 7.18. The maximum absolute atomic E-state index is 11.8. The molecule has 5 heteroatoms. The Labute approximate surface area is 109 Å². The highest BCUT2D eigenvalue weighted by Crippen LogP contribution is 2.26. The van der Waals surface area contributed by atoms with E-state index in [4.69, 9.17) is 5.11 Å². The van der Waals surface area contributed by atoms with Gasteiger partial charge in [0.1, 0.15) is 0 Å². The first kappa shape index (κ1) is 15.0. The van der Waals surface area contributed by atoms with Crippen LogP contribution in [0.2, 0.25) is 0 Å². The molecule has 1 aromatic rings. The van der Waals surface area contributed by atoms with E-state index in [-0.39, 0.29) is 12.6 Å². The van der Waals surface area contributed by atoms with Crippen molar-refractivity contribution in [3.8, 4) is 0 Å². The van der Waals surface area contributed by atoms with Crippen LogP contribution in [-0.4, -0.2) is 39.0 Å². The number of benzene rings is 1. The highest BCUT2D eigenvalue weighted by molar-refractivity contribution is 7.90. The summed E-state index contributed by atoms with van der Waals surface area (Å²) in [5.74, 6) is 0. The van der Waals surface area contributed by atoms with Crippen LogP contribution >= 0.6 is 0 Å². The first-order valence-electron chi connectivity index (χ1n) is 6.04. The minimum atomic E-state index is -3.24. The Bertz CT molecular complexity index is 483. The molecule has 18 heavy (non-hydrogen) atoms. The molecule has 102 valence electrons. The number of hydrogen-bond acceptors (Lipinski definition) is 4. The number of aliphatic hydroxyl groups excluding tert-OH is 1. The SMILES string of the molecule is CC(C)N(CCCO)c1ccccc1S(C)(=O)=O. The first-order chi connectivity index (χ1) is 8.38. The molecular formula is C13H21NO3S. The van der Waals surface area contributed by atoms with Crippen LogP contribution in [0.15, 0.2) is 29.2 Å². The van der Waals surface area contributed by atoms with E-state index in [9.17, 15) is 8.42 Å². The van der Waals surface area contributed by atoms with E-state index < -0.39 is 9.84 Å². The molecular weight excluding hydrogens is 250 g/mol. The summed E-state index contributed by atoms with van der Waals surface area (Å²) in [6.45, 7) is 4.76. The molecule has 0 saturated carbocycles. The highest BCUT2D eigenvalue weighted by Gasteiger charge is 2.19. The Morgan fingerprint density at radius 3 is 2.39 bits per heavy atom. The van der Waals surface area contributed by atoms with E-state index in [0.717, 1.165) is 0 Å². The molecule has 4 nitrogen and oxygen atoms in total. The molecule has 0 atom stereocenters. The van der Waals surface area contributed by atoms with Crippen molar-refractivity contribution in [2.75, 3.05) is 24.3 Å². The summed E-state index contributed by atoms with van der Waals surface area (Å²) in [4.78, 5) is 2.35. The summed E-state index contributed by atoms with van der Waals surface area (Å²) in [7, 11) is -3.24. The summed E-state index contributed by atoms with van der Waals surface area (Å²) in [5, 5.41) is 8.93. The van der Waals surface area contributed by atoms with Crippen LogP contribution in [0.4, 0.5) is 5.69 Å². The van der Waals surface area contributed by atoms with Gasteiger partial charge in [-0.15, -0.1) is 0 Å². The number of rotatable bonds is 6. The second-order valence-electron chi connectivity index (χ2n) is 4.60. The Kier molecular flexibility index (Phi) is 5.16. The van der Waals surface area contributed by atoms with Crippen LogP contribution in [0.3, 0.4) is 0 Å². The molecule has 0 fully saturated rings. The molecule has 0 spiro atoms. The van der Waals surface area contributed by atoms with Crippen molar-refractivity contribution < 1.29 is 13.5 Å². The molecule has 0 saturated heterocycles. The molecule has 0 heterocycles. The van der Waals surface area contributed by atoms with Crippen molar-refractivity contribution in [1.29, 1.82) is 0 Å². The lowest BCUT2D eigenvalue weighted by atomic mass is 10.2. The Hall–Kier alpha value is -1.07. The zero-order chi connectivity index (χ0) is 13.8. The molecule has 1 N–H and O–H groups in total. The molecule has 1 aromatic carbocycles. The minimum Gasteiger partial charge on any atom is -0.396 e. The van der Waals surface area contributed by atoms with Gasteiger partial charge in [0.2, 0.25) is 0 Å². The molecule has 1 rings (SSSR count). The fourth-order valence-corrected chi connectivity index (χ4v) is 2.80. The summed E-state index contributed by atoms with van der Waals surface area (Å²) >= 11 is 0. The van der Waals surface area contributed by atoms with Crippen molar-refractivity contribution in [3.05, 3.63) is 24.3 Å². The van der Waals surface area contributed by atoms with Crippen LogP contribution in [0.25, 0.3) is 0 Å². The molecule has 0 unspecified atom stereocenters. The van der Waals surface area contributed by atoms with E-state index in [1.807, 2.05) is 30.9 Å². The van der Waals surface area contributed by atoms with Crippen LogP contribution in [0.1, 0.15) is 20.3 Å². The van der Waals surface area contributed by atoms with Gasteiger partial charge in [-0.2, -0.15) is 0 Å². The lowest BCUT2D eigenvalue weighted by Crippen LogP contribution is -2.33. The van der Waals surface area contributed by atoms with E-state index in [2.05, 4.69) is 0 Å². The van der Waals surface area contributed by atoms with Gasteiger partial charge in [0.25, 0.3) is 0 Å². The van der Waals surface area contributed by atoms with Gasteiger partial charge in [0.05, 0.1) is 10.6 Å². The van der Waals surface area contributed by atoms with Gasteiger partial charge in [0.15, 0.2) is 9.84 Å². The van der Waals surface area contributed by atoms with Gasteiger partial charge < -0.3 is 10.0 Å². The predicted octanol–water partition coefficient (Wildman–Crippen LogP) is 1.69. The molecule has 0 aliphatic carbocycles.